The van der Waals surface area contributed by atoms with Gasteiger partial charge < -0.3 is 15.0 Å². The Morgan fingerprint density at radius 2 is 1.96 bits per heavy atom. The highest BCUT2D eigenvalue weighted by Crippen LogP contribution is 2.33. The van der Waals surface area contributed by atoms with E-state index < -0.39 is 24.0 Å². The van der Waals surface area contributed by atoms with Crippen LogP contribution in [-0.2, 0) is 11.2 Å². The van der Waals surface area contributed by atoms with E-state index in [1.54, 1.807) is 6.92 Å². The van der Waals surface area contributed by atoms with Crippen molar-refractivity contribution in [2.75, 3.05) is 6.54 Å². The quantitative estimate of drug-likeness (QED) is 0.844. The van der Waals surface area contributed by atoms with E-state index in [9.17, 15) is 19.2 Å². The van der Waals surface area contributed by atoms with Gasteiger partial charge in [-0.25, -0.2) is 0 Å². The van der Waals surface area contributed by atoms with Crippen LogP contribution >= 0.6 is 0 Å². The molecular weight excluding hydrogens is 324 g/mol. The summed E-state index contributed by atoms with van der Waals surface area (Å²) < 4.78 is 0. The first-order chi connectivity index (χ1) is 11.6. The van der Waals surface area contributed by atoms with Crippen molar-refractivity contribution >= 4 is 17.7 Å². The summed E-state index contributed by atoms with van der Waals surface area (Å²) in [5, 5.41) is 9.05. The highest BCUT2D eigenvalue weighted by Gasteiger charge is 2.33. The lowest BCUT2D eigenvalue weighted by Gasteiger charge is -2.30. The number of ketones is 1. The largest absolute Gasteiger partial charge is 0.480 e. The summed E-state index contributed by atoms with van der Waals surface area (Å²) in [6, 6.07) is 0.986. The molecule has 0 aromatic carbocycles. The van der Waals surface area contributed by atoms with E-state index in [1.807, 2.05) is 20.8 Å². The molecule has 1 unspecified atom stereocenters. The lowest BCUT2D eigenvalue weighted by Crippen LogP contribution is -2.44. The Bertz CT molecular complexity index is 778. The van der Waals surface area contributed by atoms with Gasteiger partial charge in [0.1, 0.15) is 12.1 Å². The number of aromatic amines is 1. The standard InChI is InChI=1S/C18H24N2O5/c1-5-10(2)20(9-15(22)23)17(25)12-6-11-13(19-16(12)24)7-18(3,4)8-14(11)21/h6,10H,5,7-9H2,1-4H3,(H,19,24)(H,22,23). The van der Waals surface area contributed by atoms with Crippen molar-refractivity contribution in [3.8, 4) is 0 Å². The molecule has 7 heteroatoms. The maximum absolute atomic E-state index is 12.8. The number of H-pyrrole nitrogens is 1. The van der Waals surface area contributed by atoms with Crippen LogP contribution in [0.2, 0.25) is 0 Å². The van der Waals surface area contributed by atoms with Gasteiger partial charge in [-0.15, -0.1) is 0 Å². The van der Waals surface area contributed by atoms with Gasteiger partial charge in [0.05, 0.1) is 0 Å². The van der Waals surface area contributed by atoms with Gasteiger partial charge in [0, 0.05) is 23.7 Å². The van der Waals surface area contributed by atoms with Crippen LogP contribution in [0, 0.1) is 5.41 Å². The fourth-order valence-corrected chi connectivity index (χ4v) is 3.14. The third-order valence-electron chi connectivity index (χ3n) is 4.64. The van der Waals surface area contributed by atoms with Crippen molar-refractivity contribution in [2.45, 2.75) is 53.0 Å². The molecule has 1 atom stereocenters. The summed E-state index contributed by atoms with van der Waals surface area (Å²) in [5.74, 6) is -1.94. The number of amides is 1. The summed E-state index contributed by atoms with van der Waals surface area (Å²) in [4.78, 5) is 52.4. The van der Waals surface area contributed by atoms with E-state index in [4.69, 9.17) is 5.11 Å². The lowest BCUT2D eigenvalue weighted by molar-refractivity contribution is -0.138. The summed E-state index contributed by atoms with van der Waals surface area (Å²) in [5.41, 5.74) is -0.135. The zero-order valence-electron chi connectivity index (χ0n) is 15.0. The number of carbonyl (C=O) groups is 3. The van der Waals surface area contributed by atoms with Crippen molar-refractivity contribution < 1.29 is 19.5 Å². The van der Waals surface area contributed by atoms with E-state index in [1.165, 1.54) is 6.07 Å². The average Bonchev–Trinajstić information content (AvgIpc) is 2.49. The third kappa shape index (κ3) is 3.97. The summed E-state index contributed by atoms with van der Waals surface area (Å²) >= 11 is 0. The van der Waals surface area contributed by atoms with Crippen LogP contribution in [0.3, 0.4) is 0 Å². The Morgan fingerprint density at radius 3 is 2.52 bits per heavy atom. The minimum atomic E-state index is -1.15. The van der Waals surface area contributed by atoms with E-state index >= 15 is 0 Å². The van der Waals surface area contributed by atoms with Crippen LogP contribution in [0.4, 0.5) is 0 Å². The molecule has 136 valence electrons. The zero-order valence-corrected chi connectivity index (χ0v) is 15.0. The minimum Gasteiger partial charge on any atom is -0.480 e. The maximum Gasteiger partial charge on any atom is 0.323 e. The van der Waals surface area contributed by atoms with Crippen LogP contribution < -0.4 is 5.56 Å². The smallest absolute Gasteiger partial charge is 0.323 e. The molecule has 2 rings (SSSR count). The second-order valence-corrected chi connectivity index (χ2v) is 7.43. The summed E-state index contributed by atoms with van der Waals surface area (Å²) in [7, 11) is 0. The monoisotopic (exact) mass is 348 g/mol. The average molecular weight is 348 g/mol. The van der Waals surface area contributed by atoms with Gasteiger partial charge in [0.15, 0.2) is 5.78 Å². The molecule has 7 nitrogen and oxygen atoms in total. The summed E-state index contributed by atoms with van der Waals surface area (Å²) in [6.07, 6.45) is 1.43. The molecule has 0 saturated carbocycles. The van der Waals surface area contributed by atoms with Crippen molar-refractivity contribution in [3.05, 3.63) is 33.2 Å². The van der Waals surface area contributed by atoms with E-state index in [0.717, 1.165) is 4.90 Å². The van der Waals surface area contributed by atoms with Gasteiger partial charge in [-0.05, 0) is 31.2 Å². The highest BCUT2D eigenvalue weighted by atomic mass is 16.4. The fourth-order valence-electron chi connectivity index (χ4n) is 3.14. The molecule has 0 spiro atoms. The number of pyridine rings is 1. The normalized spacial score (nSPS) is 16.9. The molecule has 1 amide bonds. The fraction of sp³-hybridized carbons (Fsp3) is 0.556. The van der Waals surface area contributed by atoms with E-state index in [2.05, 4.69) is 4.98 Å². The van der Waals surface area contributed by atoms with Crippen LogP contribution in [-0.4, -0.2) is 45.2 Å². The van der Waals surface area contributed by atoms with Crippen molar-refractivity contribution in [1.29, 1.82) is 0 Å². The number of rotatable bonds is 5. The number of hydrogen-bond acceptors (Lipinski definition) is 4. The number of nitrogens with zero attached hydrogens (tertiary/aromatic N) is 1. The van der Waals surface area contributed by atoms with Crippen LogP contribution in [0.15, 0.2) is 10.9 Å². The van der Waals surface area contributed by atoms with Crippen molar-refractivity contribution in [2.24, 2.45) is 5.41 Å². The molecule has 25 heavy (non-hydrogen) atoms. The molecule has 1 aliphatic carbocycles. The predicted molar refractivity (Wildman–Crippen MR) is 91.9 cm³/mol. The predicted octanol–water partition coefficient (Wildman–Crippen LogP) is 1.86. The second-order valence-electron chi connectivity index (χ2n) is 7.43. The lowest BCUT2D eigenvalue weighted by atomic mass is 9.75. The molecule has 0 radical (unpaired) electrons. The van der Waals surface area contributed by atoms with Gasteiger partial charge >= 0.3 is 5.97 Å². The number of nitrogens with one attached hydrogen (secondary N) is 1. The third-order valence-corrected chi connectivity index (χ3v) is 4.64. The Hall–Kier alpha value is -2.44. The number of fused-ring (bicyclic) bond motifs is 1. The first-order valence-corrected chi connectivity index (χ1v) is 8.38. The van der Waals surface area contributed by atoms with Crippen LogP contribution in [0.25, 0.3) is 0 Å². The number of carboxylic acid groups (broad SMARTS) is 1. The Balaban J connectivity index is 2.47. The molecule has 1 aliphatic rings. The van der Waals surface area contributed by atoms with E-state index in [0.29, 0.717) is 30.5 Å². The topological polar surface area (TPSA) is 108 Å². The molecule has 1 heterocycles. The van der Waals surface area contributed by atoms with Crippen LogP contribution in [0.5, 0.6) is 0 Å². The highest BCUT2D eigenvalue weighted by molar-refractivity contribution is 6.02. The van der Waals surface area contributed by atoms with Crippen LogP contribution in [0.1, 0.15) is 66.9 Å². The van der Waals surface area contributed by atoms with Gasteiger partial charge in [0.2, 0.25) is 0 Å². The SMILES string of the molecule is CCC(C)N(CC(=O)O)C(=O)c1cc2c([nH]c1=O)CC(C)(C)CC2=O. The number of carbonyl (C=O) groups excluding carboxylic acids is 2. The van der Waals surface area contributed by atoms with Crippen molar-refractivity contribution in [1.82, 2.24) is 9.88 Å². The van der Waals surface area contributed by atoms with Gasteiger partial charge in [-0.2, -0.15) is 0 Å². The van der Waals surface area contributed by atoms with Gasteiger partial charge in [0.25, 0.3) is 11.5 Å². The first kappa shape index (κ1) is 18.9. The molecule has 1 aromatic rings. The number of Topliss-reactive ketones (excluding diaryl/α,β-unsaturated/α-hetero) is 1. The number of carboxylic acids is 1. The Kier molecular flexibility index (Phi) is 5.15. The molecule has 1 aromatic heterocycles. The van der Waals surface area contributed by atoms with Gasteiger partial charge in [-0.3, -0.25) is 19.2 Å². The number of hydrogen-bond donors (Lipinski definition) is 2. The minimum absolute atomic E-state index is 0.120. The first-order valence-electron chi connectivity index (χ1n) is 8.38. The van der Waals surface area contributed by atoms with E-state index in [-0.39, 0.29) is 22.8 Å². The van der Waals surface area contributed by atoms with Crippen molar-refractivity contribution in [3.63, 3.8) is 0 Å². The zero-order chi connectivity index (χ0) is 18.9. The molecular formula is C18H24N2O5. The second kappa shape index (κ2) is 6.82. The maximum atomic E-state index is 12.8. The molecule has 2 N–H and O–H groups in total. The Morgan fingerprint density at radius 1 is 1.32 bits per heavy atom. The molecule has 0 saturated heterocycles. The number of aromatic nitrogens is 1. The van der Waals surface area contributed by atoms with Gasteiger partial charge in [-0.1, -0.05) is 20.8 Å². The molecule has 0 fully saturated rings. The number of aliphatic carboxylic acids is 1. The summed E-state index contributed by atoms with van der Waals surface area (Å²) in [6.45, 7) is 6.95. The molecule has 0 bridgehead atoms. The Labute approximate surface area is 146 Å². The molecule has 0 aliphatic heterocycles.